The fourth-order valence-corrected chi connectivity index (χ4v) is 4.12. The Balaban J connectivity index is 1.89. The van der Waals surface area contributed by atoms with Gasteiger partial charge in [0.2, 0.25) is 0 Å². The molecule has 0 radical (unpaired) electrons. The molecule has 2 aromatic heterocycles. The van der Waals surface area contributed by atoms with Gasteiger partial charge in [-0.3, -0.25) is 18.6 Å². The maximum absolute atomic E-state index is 13.2. The molecule has 1 aliphatic rings. The Bertz CT molecular complexity index is 1070. The summed E-state index contributed by atoms with van der Waals surface area (Å²) in [4.78, 5) is 26.9. The Kier molecular flexibility index (Phi) is 4.48. The number of hydrogen-bond donors (Lipinski definition) is 1. The van der Waals surface area contributed by atoms with Gasteiger partial charge in [0.05, 0.1) is 23.6 Å². The maximum Gasteiger partial charge on any atom is 0.331 e. The average molecular weight is 370 g/mol. The van der Waals surface area contributed by atoms with Crippen molar-refractivity contribution in [1.82, 2.24) is 18.9 Å². The first kappa shape index (κ1) is 17.1. The summed E-state index contributed by atoms with van der Waals surface area (Å²) >= 11 is 4.37. The van der Waals surface area contributed by atoms with Crippen molar-refractivity contribution >= 4 is 23.5 Å². The van der Waals surface area contributed by atoms with Crippen molar-refractivity contribution in [3.8, 4) is 0 Å². The van der Waals surface area contributed by atoms with E-state index in [-0.39, 0.29) is 17.8 Å². The van der Waals surface area contributed by atoms with Crippen LogP contribution >= 0.6 is 12.6 Å². The lowest BCUT2D eigenvalue weighted by molar-refractivity contribution is 0.443. The highest BCUT2D eigenvalue weighted by atomic mass is 32.1. The first-order chi connectivity index (χ1) is 12.5. The topological polar surface area (TPSA) is 61.8 Å². The highest BCUT2D eigenvalue weighted by Gasteiger charge is 2.20. The van der Waals surface area contributed by atoms with Gasteiger partial charge in [0.1, 0.15) is 0 Å². The number of fused-ring (bicyclic) bond motifs is 1. The second kappa shape index (κ2) is 6.79. The van der Waals surface area contributed by atoms with Crippen molar-refractivity contribution in [3.05, 3.63) is 57.0 Å². The molecule has 0 unspecified atom stereocenters. The fourth-order valence-electron chi connectivity index (χ4n) is 3.91. The molecule has 26 heavy (non-hydrogen) atoms. The second-order valence-corrected chi connectivity index (χ2v) is 7.68. The molecule has 3 aromatic rings. The van der Waals surface area contributed by atoms with Gasteiger partial charge in [-0.05, 0) is 37.0 Å². The van der Waals surface area contributed by atoms with Crippen LogP contribution in [0.25, 0.3) is 10.9 Å². The van der Waals surface area contributed by atoms with Gasteiger partial charge in [0, 0.05) is 30.2 Å². The van der Waals surface area contributed by atoms with E-state index in [1.807, 2.05) is 25.4 Å². The molecule has 0 amide bonds. The lowest BCUT2D eigenvalue weighted by atomic mass is 10.1. The lowest BCUT2D eigenvalue weighted by Crippen LogP contribution is -2.41. The van der Waals surface area contributed by atoms with Crippen LogP contribution in [0.3, 0.4) is 0 Å². The van der Waals surface area contributed by atoms with Crippen LogP contribution in [0.5, 0.6) is 0 Å². The van der Waals surface area contributed by atoms with Gasteiger partial charge in [-0.1, -0.05) is 12.8 Å². The average Bonchev–Trinajstić information content (AvgIpc) is 3.27. The van der Waals surface area contributed by atoms with E-state index in [1.165, 1.54) is 17.4 Å². The molecule has 136 valence electrons. The van der Waals surface area contributed by atoms with E-state index >= 15 is 0 Å². The molecule has 0 N–H and O–H groups in total. The highest BCUT2D eigenvalue weighted by molar-refractivity contribution is 7.80. The molecule has 0 spiro atoms. The van der Waals surface area contributed by atoms with E-state index in [0.717, 1.165) is 18.4 Å². The summed E-state index contributed by atoms with van der Waals surface area (Å²) in [5, 5.41) is 4.68. The Hall–Kier alpha value is -2.28. The van der Waals surface area contributed by atoms with Crippen LogP contribution in [-0.2, 0) is 20.1 Å². The molecule has 0 aliphatic heterocycles. The third kappa shape index (κ3) is 3.11. The quantitative estimate of drug-likeness (QED) is 0.718. The number of aromatic nitrogens is 4. The number of benzene rings is 1. The molecule has 1 fully saturated rings. The summed E-state index contributed by atoms with van der Waals surface area (Å²) in [6.07, 6.45) is 8.22. The van der Waals surface area contributed by atoms with E-state index in [0.29, 0.717) is 28.3 Å². The number of hydrogen-bond acceptors (Lipinski definition) is 4. The number of thiol groups is 1. The number of aryl methyl sites for hydroxylation is 1. The van der Waals surface area contributed by atoms with Crippen LogP contribution in [0.4, 0.5) is 0 Å². The SMILES string of the molecule is Cn1cc(Cn2c(=O)c3cc(S)ccc3n(CC3CCCC3)c2=O)cn1. The van der Waals surface area contributed by atoms with E-state index in [9.17, 15) is 9.59 Å². The molecule has 4 rings (SSSR count). The third-order valence-corrected chi connectivity index (χ3v) is 5.50. The van der Waals surface area contributed by atoms with Crippen LogP contribution in [-0.4, -0.2) is 18.9 Å². The van der Waals surface area contributed by atoms with Crippen molar-refractivity contribution in [2.75, 3.05) is 0 Å². The normalized spacial score (nSPS) is 15.2. The molecule has 1 aliphatic carbocycles. The first-order valence-electron chi connectivity index (χ1n) is 8.97. The summed E-state index contributed by atoms with van der Waals surface area (Å²) in [5.41, 5.74) is 1.02. The monoisotopic (exact) mass is 370 g/mol. The molecule has 6 nitrogen and oxygen atoms in total. The first-order valence-corrected chi connectivity index (χ1v) is 9.41. The van der Waals surface area contributed by atoms with E-state index in [2.05, 4.69) is 17.7 Å². The van der Waals surface area contributed by atoms with Crippen LogP contribution < -0.4 is 11.2 Å². The van der Waals surface area contributed by atoms with Crippen LogP contribution in [0.2, 0.25) is 0 Å². The zero-order valence-electron chi connectivity index (χ0n) is 14.8. The van der Waals surface area contributed by atoms with Crippen molar-refractivity contribution in [2.24, 2.45) is 13.0 Å². The molecule has 0 atom stereocenters. The smallest absolute Gasteiger partial charge is 0.293 e. The molecule has 7 heteroatoms. The Morgan fingerprint density at radius 2 is 1.96 bits per heavy atom. The van der Waals surface area contributed by atoms with Gasteiger partial charge >= 0.3 is 5.69 Å². The Labute approximate surface area is 156 Å². The Morgan fingerprint density at radius 3 is 2.65 bits per heavy atom. The van der Waals surface area contributed by atoms with Gasteiger partial charge in [-0.25, -0.2) is 4.79 Å². The second-order valence-electron chi connectivity index (χ2n) is 7.16. The van der Waals surface area contributed by atoms with E-state index < -0.39 is 0 Å². The zero-order chi connectivity index (χ0) is 18.3. The van der Waals surface area contributed by atoms with Gasteiger partial charge in [0.15, 0.2) is 0 Å². The molecule has 1 saturated carbocycles. The minimum Gasteiger partial charge on any atom is -0.293 e. The van der Waals surface area contributed by atoms with Crippen molar-refractivity contribution in [1.29, 1.82) is 0 Å². The van der Waals surface area contributed by atoms with E-state index in [4.69, 9.17) is 0 Å². The number of rotatable bonds is 4. The third-order valence-electron chi connectivity index (χ3n) is 5.22. The molecular formula is C19H22N4O2S. The van der Waals surface area contributed by atoms with Gasteiger partial charge in [-0.2, -0.15) is 5.10 Å². The number of nitrogens with zero attached hydrogens (tertiary/aromatic N) is 4. The van der Waals surface area contributed by atoms with E-state index in [1.54, 1.807) is 21.5 Å². The largest absolute Gasteiger partial charge is 0.331 e. The van der Waals surface area contributed by atoms with Crippen molar-refractivity contribution in [2.45, 2.75) is 43.7 Å². The standard InChI is InChI=1S/C19H22N4O2S/c1-21-10-14(9-20-21)12-23-18(24)16-8-15(26)6-7-17(16)22(19(23)25)11-13-4-2-3-5-13/h6-10,13,26H,2-5,11-12H2,1H3. The van der Waals surface area contributed by atoms with Crippen LogP contribution in [0.1, 0.15) is 31.2 Å². The minimum atomic E-state index is -0.271. The van der Waals surface area contributed by atoms with Crippen LogP contribution in [0, 0.1) is 5.92 Å². The summed E-state index contributed by atoms with van der Waals surface area (Å²) in [5.74, 6) is 0.496. The van der Waals surface area contributed by atoms with Gasteiger partial charge in [0.25, 0.3) is 5.56 Å². The molecule has 1 aromatic carbocycles. The summed E-state index contributed by atoms with van der Waals surface area (Å²) in [6, 6.07) is 5.43. The summed E-state index contributed by atoms with van der Waals surface area (Å²) < 4.78 is 4.77. The predicted molar refractivity (Wildman–Crippen MR) is 104 cm³/mol. The molecule has 0 saturated heterocycles. The molecule has 0 bridgehead atoms. The maximum atomic E-state index is 13.2. The van der Waals surface area contributed by atoms with Gasteiger partial charge in [-0.15, -0.1) is 12.6 Å². The summed E-state index contributed by atoms with van der Waals surface area (Å²) in [7, 11) is 1.82. The van der Waals surface area contributed by atoms with Crippen molar-refractivity contribution < 1.29 is 0 Å². The highest BCUT2D eigenvalue weighted by Crippen LogP contribution is 2.26. The summed E-state index contributed by atoms with van der Waals surface area (Å²) in [6.45, 7) is 0.886. The minimum absolute atomic E-state index is 0.225. The molecule has 2 heterocycles. The predicted octanol–water partition coefficient (Wildman–Crippen LogP) is 2.42. The molecular weight excluding hydrogens is 348 g/mol. The Morgan fingerprint density at radius 1 is 1.19 bits per heavy atom. The fraction of sp³-hybridized carbons (Fsp3) is 0.421. The van der Waals surface area contributed by atoms with Crippen LogP contribution in [0.15, 0.2) is 45.1 Å². The lowest BCUT2D eigenvalue weighted by Gasteiger charge is -2.17. The zero-order valence-corrected chi connectivity index (χ0v) is 15.7. The van der Waals surface area contributed by atoms with Crippen molar-refractivity contribution in [3.63, 3.8) is 0 Å². The van der Waals surface area contributed by atoms with Gasteiger partial charge < -0.3 is 0 Å².